The van der Waals surface area contributed by atoms with Crippen molar-refractivity contribution in [3.8, 4) is 0 Å². The molecule has 0 N–H and O–H groups in total. The molecule has 0 bridgehead atoms. The van der Waals surface area contributed by atoms with Crippen LogP contribution in [0.5, 0.6) is 0 Å². The van der Waals surface area contributed by atoms with Crippen molar-refractivity contribution >= 4 is 5.97 Å². The Bertz CT molecular complexity index is 507. The van der Waals surface area contributed by atoms with E-state index in [1.165, 1.54) is 11.3 Å². The van der Waals surface area contributed by atoms with Gasteiger partial charge >= 0.3 is 5.97 Å². The van der Waals surface area contributed by atoms with Crippen LogP contribution in [-0.4, -0.2) is 24.0 Å². The van der Waals surface area contributed by atoms with E-state index in [1.54, 1.807) is 0 Å². The van der Waals surface area contributed by atoms with Crippen LogP contribution in [0.15, 0.2) is 41.6 Å². The normalized spacial score (nSPS) is 16.7. The summed E-state index contributed by atoms with van der Waals surface area (Å²) in [5.41, 5.74) is 3.40. The number of hydrogen-bond acceptors (Lipinski definition) is 3. The van der Waals surface area contributed by atoms with Gasteiger partial charge in [-0.1, -0.05) is 43.7 Å². The molecule has 0 aromatic heterocycles. The van der Waals surface area contributed by atoms with E-state index in [0.717, 1.165) is 50.8 Å². The molecule has 0 radical (unpaired) electrons. The Morgan fingerprint density at radius 3 is 2.68 bits per heavy atom. The molecule has 0 spiro atoms. The topological polar surface area (TPSA) is 29.5 Å². The molecule has 0 atom stereocenters. The van der Waals surface area contributed by atoms with Gasteiger partial charge in [0.15, 0.2) is 0 Å². The number of rotatable bonds is 7. The predicted octanol–water partition coefficient (Wildman–Crippen LogP) is 4.29. The predicted molar refractivity (Wildman–Crippen MR) is 89.3 cm³/mol. The maximum atomic E-state index is 12.3. The van der Waals surface area contributed by atoms with Gasteiger partial charge in [-0.3, -0.25) is 0 Å². The van der Waals surface area contributed by atoms with Crippen molar-refractivity contribution in [3.63, 3.8) is 0 Å². The average Bonchev–Trinajstić information content (AvgIpc) is 2.97. The lowest BCUT2D eigenvalue weighted by atomic mass is 10.0. The smallest absolute Gasteiger partial charge is 0.335 e. The minimum Gasteiger partial charge on any atom is -0.463 e. The average molecular weight is 301 g/mol. The first kappa shape index (κ1) is 16.6. The van der Waals surface area contributed by atoms with Gasteiger partial charge in [0.1, 0.15) is 0 Å². The van der Waals surface area contributed by atoms with Crippen LogP contribution in [0, 0.1) is 0 Å². The third kappa shape index (κ3) is 4.36. The molecule has 1 aromatic carbocycles. The van der Waals surface area contributed by atoms with Crippen molar-refractivity contribution in [1.82, 2.24) is 4.90 Å². The zero-order valence-electron chi connectivity index (χ0n) is 13.8. The highest BCUT2D eigenvalue weighted by Crippen LogP contribution is 2.29. The molecule has 0 aliphatic carbocycles. The minimum absolute atomic E-state index is 0.120. The lowest BCUT2D eigenvalue weighted by Crippen LogP contribution is -2.21. The zero-order valence-corrected chi connectivity index (χ0v) is 13.8. The van der Waals surface area contributed by atoms with Gasteiger partial charge in [0.05, 0.1) is 12.2 Å². The summed E-state index contributed by atoms with van der Waals surface area (Å²) in [5, 5.41) is 0. The summed E-state index contributed by atoms with van der Waals surface area (Å²) >= 11 is 0. The Hall–Kier alpha value is -1.77. The first-order valence-corrected chi connectivity index (χ1v) is 8.44. The van der Waals surface area contributed by atoms with Gasteiger partial charge in [0.25, 0.3) is 0 Å². The number of carbonyl (C=O) groups excluding carboxylic acids is 1. The lowest BCUT2D eigenvalue weighted by Gasteiger charge is -2.23. The Balaban J connectivity index is 2.19. The van der Waals surface area contributed by atoms with E-state index in [0.29, 0.717) is 6.61 Å². The summed E-state index contributed by atoms with van der Waals surface area (Å²) in [4.78, 5) is 14.7. The van der Waals surface area contributed by atoms with Gasteiger partial charge in [0.2, 0.25) is 0 Å². The third-order valence-electron chi connectivity index (χ3n) is 4.09. The summed E-state index contributed by atoms with van der Waals surface area (Å²) in [6, 6.07) is 10.5. The summed E-state index contributed by atoms with van der Waals surface area (Å²) in [6.45, 7) is 6.38. The Kier molecular flexibility index (Phi) is 6.50. The quantitative estimate of drug-likeness (QED) is 0.556. The molecule has 0 amide bonds. The van der Waals surface area contributed by atoms with Crippen molar-refractivity contribution in [1.29, 1.82) is 0 Å². The molecule has 2 rings (SSSR count). The SMILES string of the molecule is CCCC/C(C(=O)OCC)=C1/CCCN1Cc1ccccc1. The molecule has 1 saturated heterocycles. The van der Waals surface area contributed by atoms with Crippen molar-refractivity contribution in [2.45, 2.75) is 52.5 Å². The summed E-state index contributed by atoms with van der Waals surface area (Å²) in [5.74, 6) is -0.120. The standard InChI is InChI=1S/C19H27NO2/c1-3-5-12-17(19(21)22-4-2)18-13-9-14-20(18)15-16-10-7-6-8-11-16/h6-8,10-11H,3-5,9,12-15H2,1-2H3/b18-17+. The molecule has 22 heavy (non-hydrogen) atoms. The summed E-state index contributed by atoms with van der Waals surface area (Å²) in [6.07, 6.45) is 5.07. The first-order valence-electron chi connectivity index (χ1n) is 8.44. The fourth-order valence-electron chi connectivity index (χ4n) is 2.99. The van der Waals surface area contributed by atoms with E-state index >= 15 is 0 Å². The van der Waals surface area contributed by atoms with E-state index in [4.69, 9.17) is 4.74 Å². The molecule has 0 unspecified atom stereocenters. The van der Waals surface area contributed by atoms with Gasteiger partial charge in [0, 0.05) is 18.8 Å². The Labute approximate surface area is 134 Å². The van der Waals surface area contributed by atoms with E-state index in [2.05, 4.69) is 36.1 Å². The van der Waals surface area contributed by atoms with Gasteiger partial charge in [-0.2, -0.15) is 0 Å². The molecule has 1 aliphatic heterocycles. The van der Waals surface area contributed by atoms with E-state index < -0.39 is 0 Å². The van der Waals surface area contributed by atoms with Crippen LogP contribution in [0.25, 0.3) is 0 Å². The van der Waals surface area contributed by atoms with Crippen LogP contribution in [-0.2, 0) is 16.1 Å². The van der Waals surface area contributed by atoms with E-state index in [9.17, 15) is 4.79 Å². The Morgan fingerprint density at radius 2 is 2.00 bits per heavy atom. The monoisotopic (exact) mass is 301 g/mol. The second kappa shape index (κ2) is 8.62. The molecule has 3 nitrogen and oxygen atoms in total. The first-order chi connectivity index (χ1) is 10.8. The van der Waals surface area contributed by atoms with Crippen molar-refractivity contribution in [2.24, 2.45) is 0 Å². The fraction of sp³-hybridized carbons (Fsp3) is 0.526. The van der Waals surface area contributed by atoms with Crippen molar-refractivity contribution in [2.75, 3.05) is 13.2 Å². The number of carbonyl (C=O) groups is 1. The van der Waals surface area contributed by atoms with Crippen LogP contribution >= 0.6 is 0 Å². The highest BCUT2D eigenvalue weighted by Gasteiger charge is 2.25. The molecule has 1 heterocycles. The van der Waals surface area contributed by atoms with Crippen LogP contribution in [0.2, 0.25) is 0 Å². The van der Waals surface area contributed by atoms with Crippen LogP contribution in [0.4, 0.5) is 0 Å². The van der Waals surface area contributed by atoms with Gasteiger partial charge < -0.3 is 9.64 Å². The van der Waals surface area contributed by atoms with Crippen LogP contribution < -0.4 is 0 Å². The van der Waals surface area contributed by atoms with E-state index in [-0.39, 0.29) is 5.97 Å². The fourth-order valence-corrected chi connectivity index (χ4v) is 2.99. The number of esters is 1. The number of allylic oxidation sites excluding steroid dienone is 1. The maximum absolute atomic E-state index is 12.3. The molecular formula is C19H27NO2. The van der Waals surface area contributed by atoms with Gasteiger partial charge in [-0.25, -0.2) is 4.79 Å². The van der Waals surface area contributed by atoms with Crippen LogP contribution in [0.1, 0.15) is 51.5 Å². The van der Waals surface area contributed by atoms with Crippen molar-refractivity contribution < 1.29 is 9.53 Å². The number of likely N-dealkylation sites (tertiary alicyclic amines) is 1. The summed E-state index contributed by atoms with van der Waals surface area (Å²) < 4.78 is 5.29. The number of nitrogens with zero attached hydrogens (tertiary/aromatic N) is 1. The zero-order chi connectivity index (χ0) is 15.8. The van der Waals surface area contributed by atoms with Gasteiger partial charge in [-0.15, -0.1) is 0 Å². The number of benzene rings is 1. The van der Waals surface area contributed by atoms with Gasteiger partial charge in [-0.05, 0) is 38.2 Å². The highest BCUT2D eigenvalue weighted by molar-refractivity contribution is 5.89. The number of hydrogen-bond donors (Lipinski definition) is 0. The summed E-state index contributed by atoms with van der Waals surface area (Å²) in [7, 11) is 0. The second-order valence-electron chi connectivity index (χ2n) is 5.76. The minimum atomic E-state index is -0.120. The molecular weight excluding hydrogens is 274 g/mol. The molecule has 1 aromatic rings. The highest BCUT2D eigenvalue weighted by atomic mass is 16.5. The Morgan fingerprint density at radius 1 is 1.23 bits per heavy atom. The molecule has 3 heteroatoms. The number of unbranched alkanes of at least 4 members (excludes halogenated alkanes) is 1. The van der Waals surface area contributed by atoms with Crippen molar-refractivity contribution in [3.05, 3.63) is 47.2 Å². The third-order valence-corrected chi connectivity index (χ3v) is 4.09. The lowest BCUT2D eigenvalue weighted by molar-refractivity contribution is -0.138. The second-order valence-corrected chi connectivity index (χ2v) is 5.76. The molecule has 1 fully saturated rings. The molecule has 1 aliphatic rings. The van der Waals surface area contributed by atoms with Crippen LogP contribution in [0.3, 0.4) is 0 Å². The molecule has 0 saturated carbocycles. The number of ether oxygens (including phenoxy) is 1. The molecule has 120 valence electrons. The van der Waals surface area contributed by atoms with E-state index in [1.807, 2.05) is 13.0 Å². The largest absolute Gasteiger partial charge is 0.463 e. The maximum Gasteiger partial charge on any atom is 0.335 e.